The normalized spacial score (nSPS) is 26.4. The average Bonchev–Trinajstić information content (AvgIpc) is 2.88. The van der Waals surface area contributed by atoms with Gasteiger partial charge in [-0.2, -0.15) is 0 Å². The Morgan fingerprint density at radius 1 is 0.711 bits per heavy atom. The second-order valence-electron chi connectivity index (χ2n) is 10.5. The molecule has 6 heteroatoms. The third kappa shape index (κ3) is 3.71. The molecule has 190 valence electrons. The minimum Gasteiger partial charge on any atom is -0.458 e. The molecule has 5 atom stereocenters. The number of carbonyl (C=O) groups is 2. The average molecular weight is 507 g/mol. The Morgan fingerprint density at radius 3 is 1.82 bits per heavy atom. The molecule has 2 aliphatic heterocycles. The predicted molar refractivity (Wildman–Crippen MR) is 140 cm³/mol. The highest BCUT2D eigenvalue weighted by atomic mass is 16.5. The van der Waals surface area contributed by atoms with E-state index in [0.29, 0.717) is 34.7 Å². The first-order valence-electron chi connectivity index (χ1n) is 13.0. The summed E-state index contributed by atoms with van der Waals surface area (Å²) in [5.41, 5.74) is 2.95. The molecule has 2 aliphatic carbocycles. The van der Waals surface area contributed by atoms with Crippen molar-refractivity contribution in [1.82, 2.24) is 0 Å². The van der Waals surface area contributed by atoms with Crippen LogP contribution in [0.4, 0.5) is 0 Å². The summed E-state index contributed by atoms with van der Waals surface area (Å²) in [6.07, 6.45) is 7.06. The van der Waals surface area contributed by atoms with E-state index in [0.717, 1.165) is 28.9 Å². The molecule has 38 heavy (non-hydrogen) atoms. The second kappa shape index (κ2) is 8.62. The van der Waals surface area contributed by atoms with Gasteiger partial charge in [0.15, 0.2) is 0 Å². The Hall–Kier alpha value is -4.32. The van der Waals surface area contributed by atoms with Crippen LogP contribution < -0.4 is 18.9 Å². The summed E-state index contributed by atoms with van der Waals surface area (Å²) in [4.78, 5) is 26.1. The van der Waals surface area contributed by atoms with E-state index in [2.05, 4.69) is 19.1 Å². The van der Waals surface area contributed by atoms with Crippen molar-refractivity contribution in [1.29, 1.82) is 0 Å². The fourth-order valence-electron chi connectivity index (χ4n) is 6.01. The van der Waals surface area contributed by atoms with Crippen LogP contribution in [0, 0.1) is 24.7 Å². The number of rotatable bonds is 4. The number of benzene rings is 3. The number of fused-ring (bicyclic) bond motifs is 8. The molecule has 0 bridgehead atoms. The highest BCUT2D eigenvalue weighted by molar-refractivity contribution is 5.92. The van der Waals surface area contributed by atoms with Crippen molar-refractivity contribution >= 4 is 11.9 Å². The first kappa shape index (κ1) is 22.8. The summed E-state index contributed by atoms with van der Waals surface area (Å²) in [5.74, 6) is 1.86. The van der Waals surface area contributed by atoms with Crippen molar-refractivity contribution in [3.63, 3.8) is 0 Å². The highest BCUT2D eigenvalue weighted by Gasteiger charge is 2.64. The Bertz CT molecular complexity index is 1530. The van der Waals surface area contributed by atoms with Gasteiger partial charge in [0, 0.05) is 24.0 Å². The van der Waals surface area contributed by atoms with E-state index in [1.807, 2.05) is 61.5 Å². The quantitative estimate of drug-likeness (QED) is 0.293. The summed E-state index contributed by atoms with van der Waals surface area (Å²) in [6.45, 7) is 4.17. The largest absolute Gasteiger partial charge is 0.458 e. The van der Waals surface area contributed by atoms with Gasteiger partial charge >= 0.3 is 11.9 Å². The van der Waals surface area contributed by atoms with E-state index in [4.69, 9.17) is 18.9 Å². The lowest BCUT2D eigenvalue weighted by atomic mass is 9.51. The highest BCUT2D eigenvalue weighted by Crippen LogP contribution is 2.65. The number of carbonyl (C=O) groups excluding carboxylic acids is 2. The maximum absolute atomic E-state index is 13.0. The number of hydrogen-bond acceptors (Lipinski definition) is 6. The molecule has 4 aliphatic rings. The monoisotopic (exact) mass is 506 g/mol. The summed E-state index contributed by atoms with van der Waals surface area (Å²) in [6, 6.07) is 19.0. The van der Waals surface area contributed by atoms with Crippen molar-refractivity contribution < 1.29 is 28.5 Å². The number of ether oxygens (including phenoxy) is 4. The van der Waals surface area contributed by atoms with Gasteiger partial charge < -0.3 is 18.9 Å². The summed E-state index contributed by atoms with van der Waals surface area (Å²) < 4.78 is 23.4. The van der Waals surface area contributed by atoms with Crippen LogP contribution in [0.15, 0.2) is 84.7 Å². The van der Waals surface area contributed by atoms with E-state index in [9.17, 15) is 9.59 Å². The van der Waals surface area contributed by atoms with Crippen LogP contribution in [0.25, 0.3) is 0 Å². The molecular weight excluding hydrogens is 480 g/mol. The van der Waals surface area contributed by atoms with Crippen LogP contribution >= 0.6 is 0 Å². The van der Waals surface area contributed by atoms with Crippen LogP contribution in [0.2, 0.25) is 0 Å². The number of hydrogen-bond donors (Lipinski definition) is 0. The third-order valence-corrected chi connectivity index (χ3v) is 7.97. The Labute approximate surface area is 220 Å². The molecule has 7 rings (SSSR count). The zero-order chi connectivity index (χ0) is 26.0. The first-order chi connectivity index (χ1) is 18.4. The number of allylic oxidation sites excluding steroid dienone is 3. The topological polar surface area (TPSA) is 71.1 Å². The van der Waals surface area contributed by atoms with Crippen LogP contribution in [-0.2, 0) is 9.59 Å². The summed E-state index contributed by atoms with van der Waals surface area (Å²) >= 11 is 0. The minimum atomic E-state index is -0.563. The summed E-state index contributed by atoms with van der Waals surface area (Å²) in [7, 11) is 0. The molecule has 0 saturated heterocycles. The lowest BCUT2D eigenvalue weighted by molar-refractivity contribution is -0.165. The molecule has 1 saturated carbocycles. The van der Waals surface area contributed by atoms with Gasteiger partial charge in [0.05, 0.1) is 11.8 Å². The van der Waals surface area contributed by atoms with Crippen molar-refractivity contribution in [3.05, 3.63) is 101 Å². The Morgan fingerprint density at radius 2 is 1.26 bits per heavy atom. The molecule has 0 amide bonds. The van der Waals surface area contributed by atoms with Crippen LogP contribution in [0.3, 0.4) is 0 Å². The van der Waals surface area contributed by atoms with E-state index >= 15 is 0 Å². The Balaban J connectivity index is 1.18. The second-order valence-corrected chi connectivity index (χ2v) is 10.5. The molecule has 0 aromatic heterocycles. The minimum absolute atomic E-state index is 0.171. The molecular formula is C32H26O6. The molecule has 0 N–H and O–H groups in total. The van der Waals surface area contributed by atoms with E-state index in [1.165, 1.54) is 0 Å². The lowest BCUT2D eigenvalue weighted by Crippen LogP contribution is -2.57. The van der Waals surface area contributed by atoms with Gasteiger partial charge in [0.1, 0.15) is 34.5 Å². The Kier molecular flexibility index (Phi) is 5.18. The maximum atomic E-state index is 13.0. The molecule has 1 fully saturated rings. The molecule has 0 radical (unpaired) electrons. The maximum Gasteiger partial charge on any atom is 0.315 e. The first-order valence-corrected chi connectivity index (χ1v) is 13.0. The molecule has 2 heterocycles. The van der Waals surface area contributed by atoms with Gasteiger partial charge in [0.2, 0.25) is 0 Å². The lowest BCUT2D eigenvalue weighted by Gasteiger charge is -2.53. The van der Waals surface area contributed by atoms with Gasteiger partial charge in [-0.3, -0.25) is 9.59 Å². The molecule has 3 aromatic rings. The van der Waals surface area contributed by atoms with Crippen LogP contribution in [0.1, 0.15) is 41.9 Å². The van der Waals surface area contributed by atoms with Gasteiger partial charge in [-0.15, -0.1) is 0 Å². The summed E-state index contributed by atoms with van der Waals surface area (Å²) in [5, 5.41) is 0. The number of esters is 2. The molecule has 0 spiro atoms. The fraction of sp³-hybridized carbons (Fsp3) is 0.250. The van der Waals surface area contributed by atoms with Gasteiger partial charge in [0.25, 0.3) is 0 Å². The van der Waals surface area contributed by atoms with E-state index in [1.54, 1.807) is 12.1 Å². The van der Waals surface area contributed by atoms with E-state index in [-0.39, 0.29) is 11.8 Å². The van der Waals surface area contributed by atoms with Crippen molar-refractivity contribution in [2.24, 2.45) is 17.8 Å². The predicted octanol–water partition coefficient (Wildman–Crippen LogP) is 6.60. The van der Waals surface area contributed by atoms with Crippen molar-refractivity contribution in [2.75, 3.05) is 0 Å². The van der Waals surface area contributed by atoms with Gasteiger partial charge in [-0.25, -0.2) is 0 Å². The van der Waals surface area contributed by atoms with Crippen LogP contribution in [-0.4, -0.2) is 11.9 Å². The zero-order valence-corrected chi connectivity index (χ0v) is 21.0. The van der Waals surface area contributed by atoms with Crippen molar-refractivity contribution in [2.45, 2.75) is 32.1 Å². The van der Waals surface area contributed by atoms with Gasteiger partial charge in [-0.05, 0) is 66.8 Å². The molecule has 5 unspecified atom stereocenters. The SMILES string of the molecule is Cc1ccc(Oc2ccc3c(c2)OC(=O)C2C4C(=O)Oc5cc(OC6=CCC(C)C=C6)ccc5C4C32)cc1. The van der Waals surface area contributed by atoms with E-state index < -0.39 is 23.8 Å². The fourth-order valence-corrected chi connectivity index (χ4v) is 6.01. The zero-order valence-electron chi connectivity index (χ0n) is 21.0. The number of aryl methyl sites for hydroxylation is 1. The standard InChI is InChI=1S/C32H26O6/c1-17-3-7-19(8-4-17)35-21-11-13-23-25(15-21)37-31(33)29-27(23)28-24-14-12-22(16-26(24)38-32(34)30(28)29)36-20-9-5-18(2)6-10-20/h3-5,7-16,18,27-30H,6H2,1-2H3. The van der Waals surface area contributed by atoms with Crippen LogP contribution in [0.5, 0.6) is 28.7 Å². The van der Waals surface area contributed by atoms with Crippen molar-refractivity contribution in [3.8, 4) is 28.7 Å². The smallest absolute Gasteiger partial charge is 0.315 e. The molecule has 3 aromatic carbocycles. The molecule has 6 nitrogen and oxygen atoms in total. The van der Waals surface area contributed by atoms with Gasteiger partial charge in [-0.1, -0.05) is 42.8 Å². The third-order valence-electron chi connectivity index (χ3n) is 7.97.